The lowest BCUT2D eigenvalue weighted by Gasteiger charge is -2.21. The number of carbonyl (C=O) groups excluding carboxylic acids is 1. The van der Waals surface area contributed by atoms with E-state index in [4.69, 9.17) is 10.5 Å². The largest absolute Gasteiger partial charge is 0.466 e. The summed E-state index contributed by atoms with van der Waals surface area (Å²) in [5.41, 5.74) is 11.0. The van der Waals surface area contributed by atoms with E-state index in [1.54, 1.807) is 13.8 Å². The Morgan fingerprint density at radius 2 is 1.56 bits per heavy atom. The van der Waals surface area contributed by atoms with Crippen LogP contribution < -0.4 is 5.73 Å². The second kappa shape index (κ2) is 8.17. The number of halogens is 2. The Kier molecular flexibility index (Phi) is 6.37. The van der Waals surface area contributed by atoms with Crippen LogP contribution in [0.1, 0.15) is 52.8 Å². The SMILES string of the molecule is CCOC(=O)CC(N)c1c(F)c(C)cc(-c2c(C)c(C)cc(C)c2C)c1F. The second-order valence-corrected chi connectivity index (χ2v) is 7.03. The molecule has 0 spiro atoms. The van der Waals surface area contributed by atoms with Crippen molar-refractivity contribution in [3.8, 4) is 11.1 Å². The molecule has 27 heavy (non-hydrogen) atoms. The van der Waals surface area contributed by atoms with Gasteiger partial charge in [0, 0.05) is 17.2 Å². The summed E-state index contributed by atoms with van der Waals surface area (Å²) in [6, 6.07) is 2.45. The van der Waals surface area contributed by atoms with Crippen molar-refractivity contribution in [2.45, 2.75) is 54.0 Å². The summed E-state index contributed by atoms with van der Waals surface area (Å²) in [7, 11) is 0. The number of nitrogens with two attached hydrogens (primary N) is 1. The Balaban J connectivity index is 2.69. The Hall–Kier alpha value is -2.27. The van der Waals surface area contributed by atoms with Crippen LogP contribution in [0.5, 0.6) is 0 Å². The van der Waals surface area contributed by atoms with E-state index in [1.165, 1.54) is 6.07 Å². The number of benzene rings is 2. The normalized spacial score (nSPS) is 12.2. The van der Waals surface area contributed by atoms with Gasteiger partial charge in [0.25, 0.3) is 0 Å². The third-order valence-corrected chi connectivity index (χ3v) is 5.11. The molecule has 5 heteroatoms. The summed E-state index contributed by atoms with van der Waals surface area (Å²) in [5, 5.41) is 0. The fourth-order valence-corrected chi connectivity index (χ4v) is 3.43. The van der Waals surface area contributed by atoms with Crippen molar-refractivity contribution >= 4 is 5.97 Å². The van der Waals surface area contributed by atoms with Crippen LogP contribution in [0.3, 0.4) is 0 Å². The van der Waals surface area contributed by atoms with Crippen molar-refractivity contribution in [3.05, 3.63) is 57.1 Å². The molecule has 0 saturated heterocycles. The van der Waals surface area contributed by atoms with Gasteiger partial charge in [-0.15, -0.1) is 0 Å². The van der Waals surface area contributed by atoms with E-state index in [0.29, 0.717) is 11.1 Å². The van der Waals surface area contributed by atoms with Crippen LogP contribution in [0.4, 0.5) is 8.78 Å². The molecule has 2 aromatic rings. The summed E-state index contributed by atoms with van der Waals surface area (Å²) in [6.07, 6.45) is -0.282. The van der Waals surface area contributed by atoms with E-state index < -0.39 is 23.6 Å². The van der Waals surface area contributed by atoms with Crippen molar-refractivity contribution in [1.82, 2.24) is 0 Å². The quantitative estimate of drug-likeness (QED) is 0.738. The van der Waals surface area contributed by atoms with E-state index in [0.717, 1.165) is 27.8 Å². The minimum Gasteiger partial charge on any atom is -0.466 e. The third-order valence-electron chi connectivity index (χ3n) is 5.11. The van der Waals surface area contributed by atoms with E-state index >= 15 is 4.39 Å². The van der Waals surface area contributed by atoms with E-state index in [2.05, 4.69) is 6.07 Å². The lowest BCUT2D eigenvalue weighted by molar-refractivity contribution is -0.143. The summed E-state index contributed by atoms with van der Waals surface area (Å²) in [5.74, 6) is -2.01. The number of carbonyl (C=O) groups is 1. The van der Waals surface area contributed by atoms with Crippen LogP contribution in [0.15, 0.2) is 12.1 Å². The highest BCUT2D eigenvalue weighted by molar-refractivity contribution is 5.76. The molecule has 0 aliphatic carbocycles. The average molecular weight is 375 g/mol. The Morgan fingerprint density at radius 1 is 1.00 bits per heavy atom. The number of aryl methyl sites for hydroxylation is 3. The first-order chi connectivity index (χ1) is 12.6. The van der Waals surface area contributed by atoms with Crippen molar-refractivity contribution < 1.29 is 18.3 Å². The van der Waals surface area contributed by atoms with Crippen molar-refractivity contribution in [1.29, 1.82) is 0 Å². The van der Waals surface area contributed by atoms with Crippen LogP contribution >= 0.6 is 0 Å². The first kappa shape index (κ1) is 21.0. The molecule has 2 rings (SSSR count). The first-order valence-electron chi connectivity index (χ1n) is 9.07. The van der Waals surface area contributed by atoms with E-state index in [-0.39, 0.29) is 18.6 Å². The van der Waals surface area contributed by atoms with Crippen molar-refractivity contribution in [2.75, 3.05) is 6.61 Å². The van der Waals surface area contributed by atoms with Crippen LogP contribution in [0, 0.1) is 46.3 Å². The number of rotatable bonds is 5. The predicted molar refractivity (Wildman–Crippen MR) is 104 cm³/mol. The highest BCUT2D eigenvalue weighted by Gasteiger charge is 2.26. The Morgan fingerprint density at radius 3 is 2.07 bits per heavy atom. The number of hydrogen-bond donors (Lipinski definition) is 1. The fraction of sp³-hybridized carbons (Fsp3) is 0.409. The first-order valence-corrected chi connectivity index (χ1v) is 9.07. The van der Waals surface area contributed by atoms with Gasteiger partial charge in [-0.05, 0) is 81.0 Å². The Bertz CT molecular complexity index is 865. The lowest BCUT2D eigenvalue weighted by Crippen LogP contribution is -2.21. The molecule has 0 aromatic heterocycles. The lowest BCUT2D eigenvalue weighted by atomic mass is 9.86. The molecule has 0 aliphatic heterocycles. The van der Waals surface area contributed by atoms with Gasteiger partial charge in [0.05, 0.1) is 13.0 Å². The number of hydrogen-bond acceptors (Lipinski definition) is 3. The molecule has 0 amide bonds. The summed E-state index contributed by atoms with van der Waals surface area (Å²) in [4.78, 5) is 11.7. The predicted octanol–water partition coefficient (Wildman–Crippen LogP) is 5.13. The van der Waals surface area contributed by atoms with Gasteiger partial charge < -0.3 is 10.5 Å². The molecule has 1 unspecified atom stereocenters. The van der Waals surface area contributed by atoms with Crippen molar-refractivity contribution in [2.24, 2.45) is 5.73 Å². The molecule has 0 radical (unpaired) electrons. The molecular weight excluding hydrogens is 348 g/mol. The Labute approximate surface area is 159 Å². The topological polar surface area (TPSA) is 52.3 Å². The molecule has 3 nitrogen and oxygen atoms in total. The van der Waals surface area contributed by atoms with Gasteiger partial charge in [-0.1, -0.05) is 6.07 Å². The zero-order valence-electron chi connectivity index (χ0n) is 16.8. The smallest absolute Gasteiger partial charge is 0.307 e. The van der Waals surface area contributed by atoms with Crippen LogP contribution in [0.2, 0.25) is 0 Å². The highest BCUT2D eigenvalue weighted by Crippen LogP contribution is 2.37. The summed E-state index contributed by atoms with van der Waals surface area (Å²) < 4.78 is 35.0. The molecule has 1 atom stereocenters. The molecule has 0 saturated carbocycles. The minimum atomic E-state index is -1.12. The number of esters is 1. The zero-order chi connectivity index (χ0) is 20.5. The third kappa shape index (κ3) is 4.03. The van der Waals surface area contributed by atoms with E-state index in [9.17, 15) is 9.18 Å². The molecule has 146 valence electrons. The molecule has 0 bridgehead atoms. The molecule has 0 fully saturated rings. The fourth-order valence-electron chi connectivity index (χ4n) is 3.43. The molecule has 0 heterocycles. The minimum absolute atomic E-state index is 0.191. The average Bonchev–Trinajstić information content (AvgIpc) is 2.58. The maximum Gasteiger partial charge on any atom is 0.307 e. The van der Waals surface area contributed by atoms with Crippen LogP contribution in [-0.2, 0) is 9.53 Å². The molecule has 0 aliphatic rings. The zero-order valence-corrected chi connectivity index (χ0v) is 16.8. The molecule has 2 N–H and O–H groups in total. The van der Waals surface area contributed by atoms with Gasteiger partial charge >= 0.3 is 5.97 Å². The van der Waals surface area contributed by atoms with Gasteiger partial charge in [0.1, 0.15) is 11.6 Å². The van der Waals surface area contributed by atoms with E-state index in [1.807, 2.05) is 27.7 Å². The highest BCUT2D eigenvalue weighted by atomic mass is 19.1. The van der Waals surface area contributed by atoms with Gasteiger partial charge in [0.2, 0.25) is 0 Å². The molecule has 2 aromatic carbocycles. The second-order valence-electron chi connectivity index (χ2n) is 7.03. The monoisotopic (exact) mass is 375 g/mol. The van der Waals surface area contributed by atoms with Gasteiger partial charge in [-0.3, -0.25) is 4.79 Å². The molecular formula is C22H27F2NO2. The van der Waals surface area contributed by atoms with Crippen molar-refractivity contribution in [3.63, 3.8) is 0 Å². The maximum absolute atomic E-state index is 15.4. The van der Waals surface area contributed by atoms with Crippen LogP contribution in [0.25, 0.3) is 11.1 Å². The van der Waals surface area contributed by atoms with Gasteiger partial charge in [0.15, 0.2) is 0 Å². The van der Waals surface area contributed by atoms with Crippen LogP contribution in [-0.4, -0.2) is 12.6 Å². The standard InChI is InChI=1S/C22H27F2NO2/c1-7-27-18(26)10-17(25)20-21(23)13(4)9-16(22(20)24)19-14(5)11(2)8-12(3)15(19)6/h8-9,17H,7,10,25H2,1-6H3. The summed E-state index contributed by atoms with van der Waals surface area (Å²) in [6.45, 7) is 11.2. The maximum atomic E-state index is 15.4. The number of ether oxygens (including phenoxy) is 1. The van der Waals surface area contributed by atoms with Gasteiger partial charge in [-0.25, -0.2) is 8.78 Å². The van der Waals surface area contributed by atoms with Gasteiger partial charge in [-0.2, -0.15) is 0 Å². The summed E-state index contributed by atoms with van der Waals surface area (Å²) >= 11 is 0.